The Morgan fingerprint density at radius 1 is 0.880 bits per heavy atom. The van der Waals surface area contributed by atoms with Crippen molar-refractivity contribution in [2.24, 2.45) is 0 Å². The minimum atomic E-state index is -0.559. The van der Waals surface area contributed by atoms with E-state index in [0.717, 1.165) is 16.7 Å². The maximum atomic E-state index is 12.9. The fourth-order valence-corrected chi connectivity index (χ4v) is 2.48. The first kappa shape index (κ1) is 18.7. The number of amides is 2. The van der Waals surface area contributed by atoms with Crippen molar-refractivity contribution in [2.45, 2.75) is 47.1 Å². The van der Waals surface area contributed by atoms with E-state index in [0.29, 0.717) is 11.1 Å². The van der Waals surface area contributed by atoms with Gasteiger partial charge in [0.25, 0.3) is 11.8 Å². The summed E-state index contributed by atoms with van der Waals surface area (Å²) in [6, 6.07) is 12.9. The van der Waals surface area contributed by atoms with Crippen molar-refractivity contribution < 1.29 is 9.59 Å². The maximum Gasteiger partial charge on any atom is 0.272 e. The molecule has 0 fully saturated rings. The van der Waals surface area contributed by atoms with E-state index in [1.807, 2.05) is 71.9 Å². The highest BCUT2D eigenvalue weighted by Crippen LogP contribution is 2.17. The molecule has 0 saturated heterocycles. The predicted octanol–water partition coefficient (Wildman–Crippen LogP) is 4.20. The molecule has 1 N–H and O–H groups in total. The molecule has 0 bridgehead atoms. The number of hydrazine groups is 1. The first-order chi connectivity index (χ1) is 11.6. The summed E-state index contributed by atoms with van der Waals surface area (Å²) in [6.45, 7) is 11.6. The van der Waals surface area contributed by atoms with Crippen molar-refractivity contribution >= 4 is 11.8 Å². The van der Waals surface area contributed by atoms with Crippen LogP contribution in [0.4, 0.5) is 0 Å². The van der Waals surface area contributed by atoms with E-state index < -0.39 is 5.54 Å². The Labute approximate surface area is 149 Å². The van der Waals surface area contributed by atoms with Gasteiger partial charge in [0.05, 0.1) is 5.54 Å². The summed E-state index contributed by atoms with van der Waals surface area (Å²) in [5, 5.41) is 1.40. The lowest BCUT2D eigenvalue weighted by atomic mass is 10.0. The van der Waals surface area contributed by atoms with Crippen LogP contribution >= 0.6 is 0 Å². The molecule has 0 saturated carbocycles. The zero-order valence-electron chi connectivity index (χ0n) is 15.8. The Kier molecular flexibility index (Phi) is 5.31. The van der Waals surface area contributed by atoms with Gasteiger partial charge in [-0.3, -0.25) is 15.0 Å². The molecule has 2 rings (SSSR count). The Bertz CT molecular complexity index is 804. The van der Waals surface area contributed by atoms with Crippen LogP contribution in [-0.4, -0.2) is 22.4 Å². The van der Waals surface area contributed by atoms with Gasteiger partial charge in [0.1, 0.15) is 0 Å². The molecule has 0 unspecified atom stereocenters. The molecule has 0 heterocycles. The van der Waals surface area contributed by atoms with E-state index in [4.69, 9.17) is 0 Å². The molecule has 4 nitrogen and oxygen atoms in total. The first-order valence-corrected chi connectivity index (χ1v) is 8.39. The number of carbonyl (C=O) groups is 2. The van der Waals surface area contributed by atoms with Gasteiger partial charge >= 0.3 is 0 Å². The molecular formula is C21H26N2O2. The molecule has 0 spiro atoms. The predicted molar refractivity (Wildman–Crippen MR) is 100 cm³/mol. The molecule has 2 amide bonds. The van der Waals surface area contributed by atoms with Crippen molar-refractivity contribution in [3.05, 3.63) is 70.3 Å². The van der Waals surface area contributed by atoms with Gasteiger partial charge in [-0.05, 0) is 76.9 Å². The second kappa shape index (κ2) is 7.09. The second-order valence-electron chi connectivity index (χ2n) is 7.42. The molecule has 2 aromatic carbocycles. The largest absolute Gasteiger partial charge is 0.272 e. The Morgan fingerprint density at radius 3 is 2.12 bits per heavy atom. The van der Waals surface area contributed by atoms with Gasteiger partial charge in [-0.15, -0.1) is 0 Å². The van der Waals surface area contributed by atoms with Crippen molar-refractivity contribution in [2.75, 3.05) is 0 Å². The van der Waals surface area contributed by atoms with Gasteiger partial charge in [-0.1, -0.05) is 23.8 Å². The summed E-state index contributed by atoms with van der Waals surface area (Å²) >= 11 is 0. The first-order valence-electron chi connectivity index (χ1n) is 8.39. The molecule has 132 valence electrons. The van der Waals surface area contributed by atoms with Gasteiger partial charge in [0.2, 0.25) is 0 Å². The Balaban J connectivity index is 2.30. The van der Waals surface area contributed by atoms with Crippen molar-refractivity contribution in [3.63, 3.8) is 0 Å². The maximum absolute atomic E-state index is 12.9. The summed E-state index contributed by atoms with van der Waals surface area (Å²) < 4.78 is 0. The fraction of sp³-hybridized carbons (Fsp3) is 0.333. The van der Waals surface area contributed by atoms with E-state index in [1.54, 1.807) is 12.1 Å². The molecule has 0 aliphatic heterocycles. The molecule has 0 aromatic heterocycles. The van der Waals surface area contributed by atoms with Gasteiger partial charge in [-0.25, -0.2) is 5.01 Å². The summed E-state index contributed by atoms with van der Waals surface area (Å²) in [5.74, 6) is -0.521. The number of carbonyl (C=O) groups excluding carboxylic acids is 2. The SMILES string of the molecule is Cc1cccc(C(=O)N(NC(=O)c2ccc(C)c(C)c2)C(C)(C)C)c1. The van der Waals surface area contributed by atoms with Crippen LogP contribution in [0.25, 0.3) is 0 Å². The minimum Gasteiger partial charge on any atom is -0.267 e. The van der Waals surface area contributed by atoms with E-state index in [1.165, 1.54) is 5.01 Å². The number of benzene rings is 2. The molecule has 0 aliphatic rings. The van der Waals surface area contributed by atoms with E-state index >= 15 is 0 Å². The van der Waals surface area contributed by atoms with E-state index in [-0.39, 0.29) is 11.8 Å². The zero-order valence-corrected chi connectivity index (χ0v) is 15.8. The highest BCUT2D eigenvalue weighted by molar-refractivity contribution is 5.99. The molecule has 0 aliphatic carbocycles. The highest BCUT2D eigenvalue weighted by atomic mass is 16.2. The van der Waals surface area contributed by atoms with Crippen LogP contribution in [0.3, 0.4) is 0 Å². The Morgan fingerprint density at radius 2 is 1.56 bits per heavy atom. The third kappa shape index (κ3) is 4.47. The lowest BCUT2D eigenvalue weighted by Gasteiger charge is -2.35. The minimum absolute atomic E-state index is 0.228. The number of hydrogen-bond donors (Lipinski definition) is 1. The number of nitrogens with one attached hydrogen (secondary N) is 1. The molecule has 25 heavy (non-hydrogen) atoms. The Hall–Kier alpha value is -2.62. The van der Waals surface area contributed by atoms with Crippen LogP contribution in [0.1, 0.15) is 58.2 Å². The number of rotatable bonds is 2. The summed E-state index contributed by atoms with van der Waals surface area (Å²) in [7, 11) is 0. The van der Waals surface area contributed by atoms with Crippen LogP contribution in [0.5, 0.6) is 0 Å². The fourth-order valence-electron chi connectivity index (χ4n) is 2.48. The van der Waals surface area contributed by atoms with Crippen LogP contribution in [0, 0.1) is 20.8 Å². The van der Waals surface area contributed by atoms with Crippen LogP contribution in [-0.2, 0) is 0 Å². The molecule has 2 aromatic rings. The molecule has 0 atom stereocenters. The van der Waals surface area contributed by atoms with Crippen molar-refractivity contribution in [1.82, 2.24) is 10.4 Å². The average Bonchev–Trinajstić information content (AvgIpc) is 2.53. The summed E-state index contributed by atoms with van der Waals surface area (Å²) in [5.41, 5.74) is 6.48. The van der Waals surface area contributed by atoms with E-state index in [2.05, 4.69) is 5.43 Å². The van der Waals surface area contributed by atoms with Gasteiger partial charge in [0, 0.05) is 11.1 Å². The number of nitrogens with zero attached hydrogens (tertiary/aromatic N) is 1. The van der Waals surface area contributed by atoms with Crippen LogP contribution in [0.2, 0.25) is 0 Å². The third-order valence-electron chi connectivity index (χ3n) is 4.12. The topological polar surface area (TPSA) is 49.4 Å². The number of hydrogen-bond acceptors (Lipinski definition) is 2. The van der Waals surface area contributed by atoms with Crippen LogP contribution < -0.4 is 5.43 Å². The standard InChI is InChI=1S/C21H26N2O2/c1-14-8-7-9-18(12-14)20(25)23(21(4,5)6)22-19(24)17-11-10-15(2)16(3)13-17/h7-13H,1-6H3,(H,22,24). The highest BCUT2D eigenvalue weighted by Gasteiger charge is 2.29. The van der Waals surface area contributed by atoms with E-state index in [9.17, 15) is 9.59 Å². The molecule has 0 radical (unpaired) electrons. The summed E-state index contributed by atoms with van der Waals surface area (Å²) in [6.07, 6.45) is 0. The quantitative estimate of drug-likeness (QED) is 0.835. The average molecular weight is 338 g/mol. The van der Waals surface area contributed by atoms with Crippen molar-refractivity contribution in [1.29, 1.82) is 0 Å². The molecular weight excluding hydrogens is 312 g/mol. The lowest BCUT2D eigenvalue weighted by Crippen LogP contribution is -2.55. The number of aryl methyl sites for hydroxylation is 3. The third-order valence-corrected chi connectivity index (χ3v) is 4.12. The second-order valence-corrected chi connectivity index (χ2v) is 7.42. The van der Waals surface area contributed by atoms with Gasteiger partial charge in [0.15, 0.2) is 0 Å². The molecule has 4 heteroatoms. The van der Waals surface area contributed by atoms with Crippen LogP contribution in [0.15, 0.2) is 42.5 Å². The lowest BCUT2D eigenvalue weighted by molar-refractivity contribution is 0.0358. The normalized spacial score (nSPS) is 11.1. The van der Waals surface area contributed by atoms with Gasteiger partial charge in [-0.2, -0.15) is 0 Å². The smallest absolute Gasteiger partial charge is 0.267 e. The monoisotopic (exact) mass is 338 g/mol. The van der Waals surface area contributed by atoms with Gasteiger partial charge < -0.3 is 0 Å². The summed E-state index contributed by atoms with van der Waals surface area (Å²) in [4.78, 5) is 25.6. The van der Waals surface area contributed by atoms with Crippen molar-refractivity contribution in [3.8, 4) is 0 Å². The zero-order chi connectivity index (χ0) is 18.8.